The summed E-state index contributed by atoms with van der Waals surface area (Å²) < 4.78 is 0.546. The molecule has 0 spiro atoms. The number of hydrogen-bond acceptors (Lipinski definition) is 0. The van der Waals surface area contributed by atoms with Crippen LogP contribution in [-0.2, 0) is 32.5 Å². The molecule has 246 valence electrons. The number of benzene rings is 2. The molecule has 0 amide bonds. The van der Waals surface area contributed by atoms with Gasteiger partial charge in [0.15, 0.2) is 0 Å². The highest BCUT2D eigenvalue weighted by atomic mass is 31.2. The Morgan fingerprint density at radius 3 is 0.795 bits per heavy atom. The standard InChI is InChI=1S/C41H68P2Si/c1-35(2,3)26-22-28(37(7,8)9)32(29(23-26)38(10,11)12)42-34-41(42,44(19,20)21)43(34)33-30(39(13,14)15)24-27(36(4,5)6)25-31(33)40(16,17)18/h22-25,34H,1-21H3. The number of hydrogen-bond donors (Lipinski definition) is 0. The summed E-state index contributed by atoms with van der Waals surface area (Å²) in [5.41, 5.74) is 10.4. The molecule has 3 heteroatoms. The average Bonchev–Trinajstić information content (AvgIpc) is 3.63. The Balaban J connectivity index is 2.06. The molecule has 2 heterocycles. The molecule has 44 heavy (non-hydrogen) atoms. The fraction of sp³-hybridized carbons (Fsp3) is 0.707. The third-order valence-corrected chi connectivity index (χ3v) is 26.9. The van der Waals surface area contributed by atoms with E-state index in [1.807, 2.05) is 0 Å². The van der Waals surface area contributed by atoms with Crippen LogP contribution >= 0.6 is 15.8 Å². The van der Waals surface area contributed by atoms with Crippen molar-refractivity contribution >= 4 is 34.5 Å². The fourth-order valence-electron chi connectivity index (χ4n) is 7.35. The normalized spacial score (nSPS) is 24.8. The average molecular weight is 651 g/mol. The first kappa shape index (κ1) is 36.4. The summed E-state index contributed by atoms with van der Waals surface area (Å²) in [5, 5.41) is 4.49. The maximum atomic E-state index is 2.72. The highest BCUT2D eigenvalue weighted by Gasteiger charge is 2.91. The van der Waals surface area contributed by atoms with E-state index in [-0.39, 0.29) is 48.3 Å². The largest absolute Gasteiger partial charge is 0.0685 e. The van der Waals surface area contributed by atoms with Gasteiger partial charge in [0.2, 0.25) is 0 Å². The molecule has 0 nitrogen and oxygen atoms in total. The van der Waals surface area contributed by atoms with Crippen LogP contribution in [0.2, 0.25) is 19.6 Å². The molecule has 2 unspecified atom stereocenters. The van der Waals surface area contributed by atoms with Crippen molar-refractivity contribution in [2.75, 3.05) is 0 Å². The second-order valence-electron chi connectivity index (χ2n) is 21.4. The van der Waals surface area contributed by atoms with Gasteiger partial charge in [-0.25, -0.2) is 0 Å². The van der Waals surface area contributed by atoms with Crippen LogP contribution in [0.4, 0.5) is 0 Å². The molecular weight excluding hydrogens is 582 g/mol. The van der Waals surface area contributed by atoms with Gasteiger partial charge in [0.05, 0.1) is 8.07 Å². The minimum Gasteiger partial charge on any atom is -0.0685 e. The van der Waals surface area contributed by atoms with Crippen LogP contribution in [0.5, 0.6) is 0 Å². The minimum atomic E-state index is -1.54. The van der Waals surface area contributed by atoms with Gasteiger partial charge >= 0.3 is 0 Å². The summed E-state index contributed by atoms with van der Waals surface area (Å²) in [5.74, 6) is 0. The van der Waals surface area contributed by atoms with Gasteiger partial charge in [-0.1, -0.05) is 184 Å². The third kappa shape index (κ3) is 6.01. The van der Waals surface area contributed by atoms with Crippen LogP contribution < -0.4 is 10.6 Å². The van der Waals surface area contributed by atoms with E-state index in [1.54, 1.807) is 32.9 Å². The molecule has 0 aliphatic carbocycles. The topological polar surface area (TPSA) is 0 Å². The van der Waals surface area contributed by atoms with Crippen LogP contribution in [0.3, 0.4) is 0 Å². The van der Waals surface area contributed by atoms with E-state index < -0.39 is 8.07 Å². The summed E-state index contributed by atoms with van der Waals surface area (Å²) >= 11 is 0. The van der Waals surface area contributed by atoms with E-state index in [0.717, 1.165) is 5.40 Å². The lowest BCUT2D eigenvalue weighted by Gasteiger charge is -2.40. The predicted molar refractivity (Wildman–Crippen MR) is 208 cm³/mol. The lowest BCUT2D eigenvalue weighted by Crippen LogP contribution is -2.39. The Kier molecular flexibility index (Phi) is 8.48. The Hall–Kier alpha value is -0.483. The highest BCUT2D eigenvalue weighted by Crippen LogP contribution is 3.11. The molecule has 2 aliphatic heterocycles. The zero-order chi connectivity index (χ0) is 34.2. The zero-order valence-corrected chi connectivity index (χ0v) is 35.6. The first-order chi connectivity index (χ1) is 19.3. The second-order valence-corrected chi connectivity index (χ2v) is 33.1. The van der Waals surface area contributed by atoms with Crippen LogP contribution in [-0.4, -0.2) is 18.0 Å². The maximum Gasteiger partial charge on any atom is 0.0631 e. The van der Waals surface area contributed by atoms with Gasteiger partial charge in [-0.2, -0.15) is 0 Å². The van der Waals surface area contributed by atoms with E-state index in [9.17, 15) is 0 Å². The zero-order valence-electron chi connectivity index (χ0n) is 32.8. The number of fused-ring (bicyclic) bond motifs is 1. The van der Waals surface area contributed by atoms with Crippen molar-refractivity contribution in [2.24, 2.45) is 0 Å². The van der Waals surface area contributed by atoms with Gasteiger partial charge in [-0.3, -0.25) is 0 Å². The molecule has 0 saturated carbocycles. The van der Waals surface area contributed by atoms with Gasteiger partial charge in [-0.05, 0) is 76.5 Å². The van der Waals surface area contributed by atoms with E-state index in [1.165, 1.54) is 11.1 Å². The molecule has 2 atom stereocenters. The van der Waals surface area contributed by atoms with Crippen LogP contribution in [0.25, 0.3) is 0 Å². The Bertz CT molecular complexity index is 1270. The van der Waals surface area contributed by atoms with E-state index in [0.29, 0.717) is 4.52 Å². The molecule has 2 aromatic rings. The quantitative estimate of drug-likeness (QED) is 0.229. The molecule has 2 saturated heterocycles. The highest BCUT2D eigenvalue weighted by molar-refractivity contribution is 8.15. The summed E-state index contributed by atoms with van der Waals surface area (Å²) in [7, 11) is -1.94. The third-order valence-electron chi connectivity index (χ3n) is 10.2. The van der Waals surface area contributed by atoms with Crippen molar-refractivity contribution < 1.29 is 0 Å². The summed E-state index contributed by atoms with van der Waals surface area (Å²) in [4.78, 5) is 0. The summed E-state index contributed by atoms with van der Waals surface area (Å²) in [6, 6.07) is 10.6. The van der Waals surface area contributed by atoms with Gasteiger partial charge in [-0.15, -0.1) is 0 Å². The van der Waals surface area contributed by atoms with Crippen molar-refractivity contribution in [3.8, 4) is 0 Å². The second kappa shape index (κ2) is 10.3. The molecular formula is C41H68P2Si. The van der Waals surface area contributed by atoms with Gasteiger partial charge in [0, 0.05) is 9.92 Å². The molecule has 0 aromatic heterocycles. The molecule has 2 aliphatic rings. The maximum absolute atomic E-state index is 2.72. The van der Waals surface area contributed by atoms with Crippen molar-refractivity contribution in [3.05, 3.63) is 57.6 Å². The van der Waals surface area contributed by atoms with Crippen LogP contribution in [0.1, 0.15) is 158 Å². The van der Waals surface area contributed by atoms with Crippen LogP contribution in [0.15, 0.2) is 24.3 Å². The SMILES string of the molecule is CC(C)(C)c1cc(C(C)(C)C)c(P2C3P(c4c(C(C)(C)C)cc(C(C)(C)C)cc4C(C)(C)C)C32[Si](C)(C)C)c(C(C)(C)C)c1. The molecule has 0 bridgehead atoms. The van der Waals surface area contributed by atoms with Crippen LogP contribution in [0, 0.1) is 0 Å². The summed E-state index contributed by atoms with van der Waals surface area (Å²) in [6.45, 7) is 52.2. The monoisotopic (exact) mass is 650 g/mol. The Morgan fingerprint density at radius 1 is 0.432 bits per heavy atom. The van der Waals surface area contributed by atoms with E-state index in [2.05, 4.69) is 169 Å². The van der Waals surface area contributed by atoms with Gasteiger partial charge in [0.1, 0.15) is 0 Å². The van der Waals surface area contributed by atoms with Crippen molar-refractivity contribution in [1.29, 1.82) is 0 Å². The van der Waals surface area contributed by atoms with Gasteiger partial charge in [0.25, 0.3) is 0 Å². The molecule has 4 rings (SSSR count). The minimum absolute atomic E-state index is 0.124. The fourth-order valence-corrected chi connectivity index (χ4v) is 28.7. The lowest BCUT2D eigenvalue weighted by molar-refractivity contribution is 0.553. The van der Waals surface area contributed by atoms with E-state index in [4.69, 9.17) is 0 Å². The van der Waals surface area contributed by atoms with Gasteiger partial charge < -0.3 is 0 Å². The number of rotatable bonds is 3. The first-order valence-electron chi connectivity index (χ1n) is 17.3. The van der Waals surface area contributed by atoms with Crippen molar-refractivity contribution in [3.63, 3.8) is 0 Å². The smallest absolute Gasteiger partial charge is 0.0631 e. The predicted octanol–water partition coefficient (Wildman–Crippen LogP) is 12.3. The summed E-state index contributed by atoms with van der Waals surface area (Å²) in [6.07, 6.45) is 0. The van der Waals surface area contributed by atoms with E-state index >= 15 is 0 Å². The van der Waals surface area contributed by atoms with Crippen molar-refractivity contribution in [2.45, 2.75) is 187 Å². The lowest BCUT2D eigenvalue weighted by atomic mass is 9.75. The molecule has 0 N–H and O–H groups in total. The first-order valence-corrected chi connectivity index (χ1v) is 23.6. The Labute approximate surface area is 277 Å². The Morgan fingerprint density at radius 2 is 0.659 bits per heavy atom. The molecule has 0 radical (unpaired) electrons. The molecule has 2 aromatic carbocycles. The molecule has 2 fully saturated rings. The van der Waals surface area contributed by atoms with Crippen molar-refractivity contribution in [1.82, 2.24) is 0 Å².